The molecule has 2 rings (SSSR count). The van der Waals surface area contributed by atoms with Crippen molar-refractivity contribution in [2.24, 2.45) is 0 Å². The maximum atomic E-state index is 11.5. The summed E-state index contributed by atoms with van der Waals surface area (Å²) < 4.78 is 30.0. The second-order valence-electron chi connectivity index (χ2n) is 3.98. The molecule has 0 amide bonds. The van der Waals surface area contributed by atoms with Crippen molar-refractivity contribution in [1.82, 2.24) is 4.31 Å². The second kappa shape index (κ2) is 3.64. The van der Waals surface area contributed by atoms with E-state index in [4.69, 9.17) is 4.42 Å². The Labute approximate surface area is 89.9 Å². The van der Waals surface area contributed by atoms with Crippen molar-refractivity contribution in [3.8, 4) is 0 Å². The smallest absolute Gasteiger partial charge is 0.211 e. The van der Waals surface area contributed by atoms with Crippen LogP contribution < -0.4 is 0 Å². The predicted octanol–water partition coefficient (Wildman–Crippen LogP) is 1.68. The van der Waals surface area contributed by atoms with Crippen LogP contribution in [0.15, 0.2) is 16.5 Å². The van der Waals surface area contributed by atoms with Crippen LogP contribution in [0.3, 0.4) is 0 Å². The van der Waals surface area contributed by atoms with E-state index in [-0.39, 0.29) is 6.04 Å². The minimum Gasteiger partial charge on any atom is -0.465 e. The standard InChI is InChI=1S/C10H15NO3S/c1-8-5-6-10(14-8)9-4-3-7-11(9)15(2,12)13/h5-6,9H,3-4,7H2,1-2H3. The van der Waals surface area contributed by atoms with Crippen molar-refractivity contribution < 1.29 is 12.8 Å². The quantitative estimate of drug-likeness (QED) is 0.775. The average Bonchev–Trinajstić information content (AvgIpc) is 2.68. The number of hydrogen-bond acceptors (Lipinski definition) is 3. The van der Waals surface area contributed by atoms with Crippen LogP contribution in [0.25, 0.3) is 0 Å². The number of furan rings is 1. The van der Waals surface area contributed by atoms with Gasteiger partial charge in [0.15, 0.2) is 0 Å². The fraction of sp³-hybridized carbons (Fsp3) is 0.600. The van der Waals surface area contributed by atoms with Crippen LogP contribution in [-0.4, -0.2) is 25.5 Å². The van der Waals surface area contributed by atoms with Gasteiger partial charge in [0.05, 0.1) is 12.3 Å². The van der Waals surface area contributed by atoms with Crippen molar-refractivity contribution in [2.75, 3.05) is 12.8 Å². The summed E-state index contributed by atoms with van der Waals surface area (Å²) in [7, 11) is -3.12. The summed E-state index contributed by atoms with van der Waals surface area (Å²) in [6, 6.07) is 3.63. The molecule has 4 nitrogen and oxygen atoms in total. The maximum absolute atomic E-state index is 11.5. The van der Waals surface area contributed by atoms with Crippen LogP contribution in [0.5, 0.6) is 0 Å². The van der Waals surface area contributed by atoms with Gasteiger partial charge in [-0.15, -0.1) is 0 Å². The van der Waals surface area contributed by atoms with E-state index >= 15 is 0 Å². The Bertz CT molecular complexity index is 449. The Morgan fingerprint density at radius 3 is 2.73 bits per heavy atom. The Kier molecular flexibility index (Phi) is 2.60. The lowest BCUT2D eigenvalue weighted by Crippen LogP contribution is -2.29. The fourth-order valence-corrected chi connectivity index (χ4v) is 3.19. The molecule has 1 atom stereocenters. The third-order valence-electron chi connectivity index (χ3n) is 2.72. The van der Waals surface area contributed by atoms with Crippen LogP contribution in [0.4, 0.5) is 0 Å². The largest absolute Gasteiger partial charge is 0.465 e. The van der Waals surface area contributed by atoms with Gasteiger partial charge >= 0.3 is 0 Å². The second-order valence-corrected chi connectivity index (χ2v) is 5.92. The summed E-state index contributed by atoms with van der Waals surface area (Å²) in [6.45, 7) is 2.46. The minimum atomic E-state index is -3.12. The van der Waals surface area contributed by atoms with Crippen LogP contribution in [0.1, 0.15) is 30.4 Å². The van der Waals surface area contributed by atoms with Gasteiger partial charge in [-0.2, -0.15) is 4.31 Å². The molecule has 0 saturated carbocycles. The number of sulfonamides is 1. The Balaban J connectivity index is 2.30. The van der Waals surface area contributed by atoms with Crippen LogP contribution in [-0.2, 0) is 10.0 Å². The van der Waals surface area contributed by atoms with Gasteiger partial charge in [0.25, 0.3) is 0 Å². The molecule has 15 heavy (non-hydrogen) atoms. The molecule has 0 radical (unpaired) electrons. The van der Waals surface area contributed by atoms with Gasteiger partial charge in [0, 0.05) is 6.54 Å². The molecule has 0 N–H and O–H groups in total. The zero-order chi connectivity index (χ0) is 11.1. The van der Waals surface area contributed by atoms with Crippen molar-refractivity contribution in [1.29, 1.82) is 0 Å². The summed E-state index contributed by atoms with van der Waals surface area (Å²) >= 11 is 0. The average molecular weight is 229 g/mol. The molecular formula is C10H15NO3S. The van der Waals surface area contributed by atoms with Crippen molar-refractivity contribution in [3.05, 3.63) is 23.7 Å². The van der Waals surface area contributed by atoms with E-state index in [2.05, 4.69) is 0 Å². The van der Waals surface area contributed by atoms with E-state index in [9.17, 15) is 8.42 Å². The lowest BCUT2D eigenvalue weighted by Gasteiger charge is -2.19. The molecule has 0 aromatic carbocycles. The highest BCUT2D eigenvalue weighted by Gasteiger charge is 2.34. The third-order valence-corrected chi connectivity index (χ3v) is 4.01. The molecule has 1 saturated heterocycles. The van der Waals surface area contributed by atoms with Gasteiger partial charge in [-0.1, -0.05) is 0 Å². The number of aryl methyl sites for hydroxylation is 1. The number of nitrogens with zero attached hydrogens (tertiary/aromatic N) is 1. The van der Waals surface area contributed by atoms with Crippen LogP contribution >= 0.6 is 0 Å². The predicted molar refractivity (Wildman–Crippen MR) is 57.0 cm³/mol. The zero-order valence-corrected chi connectivity index (χ0v) is 9.75. The highest BCUT2D eigenvalue weighted by atomic mass is 32.2. The first-order valence-electron chi connectivity index (χ1n) is 5.01. The molecular weight excluding hydrogens is 214 g/mol. The molecule has 1 aliphatic heterocycles. The van der Waals surface area contributed by atoms with E-state index < -0.39 is 10.0 Å². The first-order chi connectivity index (χ1) is 6.98. The molecule has 1 aromatic heterocycles. The van der Waals surface area contributed by atoms with Crippen molar-refractivity contribution in [2.45, 2.75) is 25.8 Å². The maximum Gasteiger partial charge on any atom is 0.211 e. The van der Waals surface area contributed by atoms with E-state index in [0.717, 1.165) is 24.4 Å². The summed E-state index contributed by atoms with van der Waals surface area (Å²) in [5, 5.41) is 0. The third kappa shape index (κ3) is 2.08. The molecule has 1 unspecified atom stereocenters. The lowest BCUT2D eigenvalue weighted by molar-refractivity contribution is 0.336. The Morgan fingerprint density at radius 1 is 1.47 bits per heavy atom. The highest BCUT2D eigenvalue weighted by Crippen LogP contribution is 2.34. The van der Waals surface area contributed by atoms with E-state index in [1.165, 1.54) is 10.6 Å². The zero-order valence-electron chi connectivity index (χ0n) is 8.93. The number of rotatable bonds is 2. The molecule has 1 aliphatic rings. The molecule has 0 aliphatic carbocycles. The van der Waals surface area contributed by atoms with E-state index in [1.807, 2.05) is 19.1 Å². The van der Waals surface area contributed by atoms with Crippen molar-refractivity contribution in [3.63, 3.8) is 0 Å². The molecule has 0 bridgehead atoms. The van der Waals surface area contributed by atoms with Gasteiger partial charge in [-0.05, 0) is 31.9 Å². The Hall–Kier alpha value is -0.810. The highest BCUT2D eigenvalue weighted by molar-refractivity contribution is 7.88. The lowest BCUT2D eigenvalue weighted by atomic mass is 10.2. The van der Waals surface area contributed by atoms with E-state index in [0.29, 0.717) is 6.54 Å². The topological polar surface area (TPSA) is 50.5 Å². The SMILES string of the molecule is Cc1ccc(C2CCCN2S(C)(=O)=O)o1. The van der Waals surface area contributed by atoms with Gasteiger partial charge in [-0.25, -0.2) is 8.42 Å². The molecule has 2 heterocycles. The van der Waals surface area contributed by atoms with Crippen LogP contribution in [0.2, 0.25) is 0 Å². The molecule has 84 valence electrons. The van der Waals surface area contributed by atoms with E-state index in [1.54, 1.807) is 0 Å². The summed E-state index contributed by atoms with van der Waals surface area (Å²) in [5.41, 5.74) is 0. The van der Waals surface area contributed by atoms with Gasteiger partial charge in [0.2, 0.25) is 10.0 Å². The molecule has 5 heteroatoms. The monoisotopic (exact) mass is 229 g/mol. The van der Waals surface area contributed by atoms with Crippen LogP contribution in [0, 0.1) is 6.92 Å². The molecule has 1 aromatic rings. The van der Waals surface area contributed by atoms with Crippen molar-refractivity contribution >= 4 is 10.0 Å². The normalized spacial score (nSPS) is 23.5. The summed E-state index contributed by atoms with van der Waals surface area (Å²) in [6.07, 6.45) is 3.00. The Morgan fingerprint density at radius 2 is 2.20 bits per heavy atom. The summed E-state index contributed by atoms with van der Waals surface area (Å²) in [5.74, 6) is 1.58. The fourth-order valence-electron chi connectivity index (χ4n) is 2.05. The number of hydrogen-bond donors (Lipinski definition) is 0. The first-order valence-corrected chi connectivity index (χ1v) is 6.86. The van der Waals surface area contributed by atoms with Gasteiger partial charge in [0.1, 0.15) is 11.5 Å². The minimum absolute atomic E-state index is 0.103. The molecule has 0 spiro atoms. The molecule has 1 fully saturated rings. The summed E-state index contributed by atoms with van der Waals surface area (Å²) in [4.78, 5) is 0. The van der Waals surface area contributed by atoms with Gasteiger partial charge in [-0.3, -0.25) is 0 Å². The van der Waals surface area contributed by atoms with Gasteiger partial charge < -0.3 is 4.42 Å². The first kappa shape index (κ1) is 10.7.